The third-order valence-electron chi connectivity index (χ3n) is 4.15. The number of carbonyl (C=O) groups excluding carboxylic acids is 2. The van der Waals surface area contributed by atoms with Crippen molar-refractivity contribution >= 4 is 17.6 Å². The molecule has 0 spiro atoms. The Hall–Kier alpha value is -2.86. The van der Waals surface area contributed by atoms with E-state index in [9.17, 15) is 9.59 Å². The maximum Gasteiger partial charge on any atom is 0.347 e. The van der Waals surface area contributed by atoms with Crippen molar-refractivity contribution in [1.29, 1.82) is 0 Å². The van der Waals surface area contributed by atoms with E-state index in [4.69, 9.17) is 14.2 Å². The van der Waals surface area contributed by atoms with Crippen LogP contribution in [0.4, 0.5) is 5.69 Å². The third kappa shape index (κ3) is 5.82. The Morgan fingerprint density at radius 1 is 1.04 bits per heavy atom. The van der Waals surface area contributed by atoms with Gasteiger partial charge in [-0.1, -0.05) is 12.1 Å². The van der Waals surface area contributed by atoms with Crippen LogP contribution in [0.3, 0.4) is 0 Å². The molecule has 0 aliphatic rings. The van der Waals surface area contributed by atoms with Crippen LogP contribution < -0.4 is 10.1 Å². The van der Waals surface area contributed by atoms with Crippen molar-refractivity contribution in [2.75, 3.05) is 25.6 Å². The quantitative estimate of drug-likeness (QED) is 0.568. The fourth-order valence-corrected chi connectivity index (χ4v) is 2.36. The lowest BCUT2D eigenvalue weighted by Gasteiger charge is -2.14. The molecule has 0 aliphatic heterocycles. The number of ether oxygens (including phenoxy) is 3. The number of esters is 1. The first-order chi connectivity index (χ1) is 12.9. The number of hydrogen-bond donors (Lipinski definition) is 1. The number of amides is 1. The molecular formula is C21H25NO5. The molecule has 0 aliphatic carbocycles. The van der Waals surface area contributed by atoms with Gasteiger partial charge in [-0.15, -0.1) is 0 Å². The van der Waals surface area contributed by atoms with Gasteiger partial charge < -0.3 is 19.5 Å². The summed E-state index contributed by atoms with van der Waals surface area (Å²) in [6, 6.07) is 12.4. The average molecular weight is 371 g/mol. The van der Waals surface area contributed by atoms with Crippen LogP contribution in [0.2, 0.25) is 0 Å². The molecule has 1 N–H and O–H groups in total. The molecule has 0 saturated heterocycles. The summed E-state index contributed by atoms with van der Waals surface area (Å²) in [6.45, 7) is 6.09. The molecule has 0 radical (unpaired) electrons. The molecule has 2 aromatic carbocycles. The fraction of sp³-hybridized carbons (Fsp3) is 0.333. The first-order valence-electron chi connectivity index (χ1n) is 8.72. The summed E-state index contributed by atoms with van der Waals surface area (Å²) in [6.07, 6.45) is -0.753. The number of carbonyl (C=O) groups is 2. The second kappa shape index (κ2) is 9.73. The Morgan fingerprint density at radius 3 is 2.41 bits per heavy atom. The molecular weight excluding hydrogens is 346 g/mol. The molecule has 6 heteroatoms. The zero-order valence-corrected chi connectivity index (χ0v) is 16.1. The van der Waals surface area contributed by atoms with Gasteiger partial charge in [-0.2, -0.15) is 0 Å². The van der Waals surface area contributed by atoms with E-state index < -0.39 is 12.1 Å². The van der Waals surface area contributed by atoms with Crippen molar-refractivity contribution in [3.63, 3.8) is 0 Å². The third-order valence-corrected chi connectivity index (χ3v) is 4.15. The highest BCUT2D eigenvalue weighted by Crippen LogP contribution is 2.20. The van der Waals surface area contributed by atoms with Gasteiger partial charge in [-0.05, 0) is 62.2 Å². The van der Waals surface area contributed by atoms with Gasteiger partial charge >= 0.3 is 5.97 Å². The van der Waals surface area contributed by atoms with Crippen LogP contribution >= 0.6 is 0 Å². The van der Waals surface area contributed by atoms with Crippen molar-refractivity contribution in [2.24, 2.45) is 0 Å². The average Bonchev–Trinajstić information content (AvgIpc) is 2.66. The predicted molar refractivity (Wildman–Crippen MR) is 103 cm³/mol. The Labute approximate surface area is 159 Å². The summed E-state index contributed by atoms with van der Waals surface area (Å²) in [5.41, 5.74) is 3.43. The Balaban J connectivity index is 1.95. The zero-order valence-electron chi connectivity index (χ0n) is 16.1. The van der Waals surface area contributed by atoms with Crippen molar-refractivity contribution in [3.8, 4) is 5.75 Å². The van der Waals surface area contributed by atoms with Crippen molar-refractivity contribution in [3.05, 3.63) is 59.2 Å². The van der Waals surface area contributed by atoms with Gasteiger partial charge in [0.05, 0.1) is 6.61 Å². The molecule has 1 unspecified atom stereocenters. The Morgan fingerprint density at radius 2 is 1.74 bits per heavy atom. The van der Waals surface area contributed by atoms with Crippen molar-refractivity contribution in [2.45, 2.75) is 26.9 Å². The second-order valence-electron chi connectivity index (χ2n) is 6.15. The SMILES string of the molecule is COCCOC(=O)C(C)Oc1ccc(C(=O)Nc2cccc(C)c2C)cc1. The van der Waals surface area contributed by atoms with Crippen LogP contribution in [0.1, 0.15) is 28.4 Å². The Bertz CT molecular complexity index is 786. The molecule has 27 heavy (non-hydrogen) atoms. The molecule has 144 valence electrons. The minimum Gasteiger partial charge on any atom is -0.479 e. The highest BCUT2D eigenvalue weighted by molar-refractivity contribution is 6.04. The monoisotopic (exact) mass is 371 g/mol. The van der Waals surface area contributed by atoms with Crippen LogP contribution in [0.5, 0.6) is 5.75 Å². The summed E-state index contributed by atoms with van der Waals surface area (Å²) in [5, 5.41) is 2.91. The first-order valence-corrected chi connectivity index (χ1v) is 8.72. The number of nitrogens with one attached hydrogen (secondary N) is 1. The summed E-state index contributed by atoms with van der Waals surface area (Å²) in [4.78, 5) is 24.2. The molecule has 2 rings (SSSR count). The molecule has 6 nitrogen and oxygen atoms in total. The maximum atomic E-state index is 12.4. The minimum atomic E-state index is -0.753. The number of rotatable bonds is 8. The molecule has 0 bridgehead atoms. The number of aryl methyl sites for hydroxylation is 1. The Kier molecular flexibility index (Phi) is 7.37. The highest BCUT2D eigenvalue weighted by Gasteiger charge is 2.16. The zero-order chi connectivity index (χ0) is 19.8. The topological polar surface area (TPSA) is 73.9 Å². The lowest BCUT2D eigenvalue weighted by atomic mass is 10.1. The lowest BCUT2D eigenvalue weighted by Crippen LogP contribution is -2.27. The minimum absolute atomic E-state index is 0.181. The van der Waals surface area contributed by atoms with Crippen LogP contribution in [0.15, 0.2) is 42.5 Å². The molecule has 2 aromatic rings. The molecule has 1 atom stereocenters. The number of benzene rings is 2. The van der Waals surface area contributed by atoms with Gasteiger partial charge in [-0.25, -0.2) is 4.79 Å². The molecule has 0 heterocycles. The highest BCUT2D eigenvalue weighted by atomic mass is 16.6. The van der Waals surface area contributed by atoms with E-state index in [1.807, 2.05) is 32.0 Å². The van der Waals surface area contributed by atoms with E-state index in [1.165, 1.54) is 7.11 Å². The van der Waals surface area contributed by atoms with Gasteiger partial charge in [0.1, 0.15) is 12.4 Å². The van der Waals surface area contributed by atoms with Gasteiger partial charge in [0, 0.05) is 18.4 Å². The number of anilines is 1. The van der Waals surface area contributed by atoms with E-state index in [0.717, 1.165) is 16.8 Å². The summed E-state index contributed by atoms with van der Waals surface area (Å²) < 4.78 is 15.4. The fourth-order valence-electron chi connectivity index (χ4n) is 2.36. The molecule has 0 fully saturated rings. The number of hydrogen-bond acceptors (Lipinski definition) is 5. The van der Waals surface area contributed by atoms with Crippen LogP contribution in [-0.4, -0.2) is 38.3 Å². The summed E-state index contributed by atoms with van der Waals surface area (Å²) in [7, 11) is 1.53. The largest absolute Gasteiger partial charge is 0.479 e. The van der Waals surface area contributed by atoms with Crippen LogP contribution in [0.25, 0.3) is 0 Å². The van der Waals surface area contributed by atoms with E-state index in [-0.39, 0.29) is 12.5 Å². The summed E-state index contributed by atoms with van der Waals surface area (Å²) >= 11 is 0. The van der Waals surface area contributed by atoms with Crippen LogP contribution in [0, 0.1) is 13.8 Å². The second-order valence-corrected chi connectivity index (χ2v) is 6.15. The molecule has 1 amide bonds. The van der Waals surface area contributed by atoms with E-state index >= 15 is 0 Å². The predicted octanol–water partition coefficient (Wildman–Crippen LogP) is 3.51. The van der Waals surface area contributed by atoms with Crippen molar-refractivity contribution < 1.29 is 23.8 Å². The lowest BCUT2D eigenvalue weighted by molar-refractivity contribution is -0.152. The normalized spacial score (nSPS) is 11.6. The van der Waals surface area contributed by atoms with E-state index in [1.54, 1.807) is 31.2 Å². The van der Waals surface area contributed by atoms with Crippen molar-refractivity contribution in [1.82, 2.24) is 0 Å². The van der Waals surface area contributed by atoms with Gasteiger partial charge in [0.2, 0.25) is 0 Å². The van der Waals surface area contributed by atoms with E-state index in [0.29, 0.717) is 17.9 Å². The van der Waals surface area contributed by atoms with Gasteiger partial charge in [0.25, 0.3) is 5.91 Å². The van der Waals surface area contributed by atoms with Gasteiger partial charge in [-0.3, -0.25) is 4.79 Å². The molecule has 0 aromatic heterocycles. The van der Waals surface area contributed by atoms with Gasteiger partial charge in [0.15, 0.2) is 6.10 Å². The first kappa shape index (κ1) is 20.5. The smallest absolute Gasteiger partial charge is 0.347 e. The standard InChI is InChI=1S/C21H25NO5/c1-14-6-5-7-19(15(14)2)22-20(23)17-8-10-18(11-9-17)27-16(3)21(24)26-13-12-25-4/h5-11,16H,12-13H2,1-4H3,(H,22,23). The number of methoxy groups -OCH3 is 1. The van der Waals surface area contributed by atoms with E-state index in [2.05, 4.69) is 5.32 Å². The molecule has 0 saturated carbocycles. The maximum absolute atomic E-state index is 12.4. The summed E-state index contributed by atoms with van der Waals surface area (Å²) in [5.74, 6) is -0.194. The van der Waals surface area contributed by atoms with Crippen LogP contribution in [-0.2, 0) is 14.3 Å².